The third-order valence-corrected chi connectivity index (χ3v) is 9.05. The number of aliphatic carboxylic acids is 2. The maximum absolute atomic E-state index is 12.3. The zero-order valence-electron chi connectivity index (χ0n) is 24.5. The first-order chi connectivity index (χ1) is 19.1. The van der Waals surface area contributed by atoms with E-state index in [-0.39, 0.29) is 5.25 Å². The summed E-state index contributed by atoms with van der Waals surface area (Å²) in [5.41, 5.74) is 11.6. The van der Waals surface area contributed by atoms with Crippen molar-refractivity contribution in [3.05, 3.63) is 23.8 Å². The van der Waals surface area contributed by atoms with E-state index < -0.39 is 35.2 Å². The van der Waals surface area contributed by atoms with E-state index in [4.69, 9.17) is 31.2 Å². The molecule has 0 fully saturated rings. The van der Waals surface area contributed by atoms with Gasteiger partial charge in [0.25, 0.3) is 0 Å². The highest BCUT2D eigenvalue weighted by molar-refractivity contribution is 7.98. The van der Waals surface area contributed by atoms with Crippen molar-refractivity contribution in [1.29, 1.82) is 0 Å². The maximum atomic E-state index is 12.3. The summed E-state index contributed by atoms with van der Waals surface area (Å²) in [6.07, 6.45) is 13.3. The van der Waals surface area contributed by atoms with Crippen molar-refractivity contribution in [2.45, 2.75) is 89.0 Å². The second-order valence-electron chi connectivity index (χ2n) is 9.51. The Kier molecular flexibility index (Phi) is 23.5. The standard InChI is InChI=1S/C18H28O3S.2C5H11NO2S/c1-3-4-5-6-7-8-11-22(19)15(2)12-16-9-10-17-18(13-16)21-14-20-17;2*1-9-3-2-4(6)5(7)8/h9-10,13,15H,3-8,11-12,14H2,1-2H3;2*4H,2-3,6H2,1H3,(H,7,8)/t;2*4-/m.00/s1. The number of fused-ring (bicyclic) bond motifs is 1. The van der Waals surface area contributed by atoms with Gasteiger partial charge in [-0.05, 0) is 74.3 Å². The lowest BCUT2D eigenvalue weighted by atomic mass is 10.1. The Morgan fingerprint density at radius 1 is 0.950 bits per heavy atom. The number of carboxylic acid groups (broad SMARTS) is 2. The quantitative estimate of drug-likeness (QED) is 0.132. The molecule has 6 N–H and O–H groups in total. The molecule has 0 aromatic heterocycles. The Bertz CT molecular complexity index is 796. The second kappa shape index (κ2) is 24.3. The molecule has 0 spiro atoms. The predicted octanol–water partition coefficient (Wildman–Crippen LogP) is 4.76. The monoisotopic (exact) mass is 622 g/mol. The summed E-state index contributed by atoms with van der Waals surface area (Å²) < 4.78 is 23.0. The first kappa shape index (κ1) is 38.7. The van der Waals surface area contributed by atoms with Crippen LogP contribution in [0.4, 0.5) is 0 Å². The van der Waals surface area contributed by atoms with E-state index in [9.17, 15) is 14.1 Å². The normalized spacial score (nSPS) is 14.6. The number of thioether (sulfide) groups is 2. The average molecular weight is 623 g/mol. The molecule has 1 aliphatic rings. The fourth-order valence-electron chi connectivity index (χ4n) is 3.46. The molecule has 0 bridgehead atoms. The van der Waals surface area contributed by atoms with Crippen LogP contribution in [0.5, 0.6) is 11.5 Å². The first-order valence-corrected chi connectivity index (χ1v) is 17.9. The zero-order chi connectivity index (χ0) is 30.3. The van der Waals surface area contributed by atoms with E-state index in [0.717, 1.165) is 41.6 Å². The van der Waals surface area contributed by atoms with Crippen molar-refractivity contribution >= 4 is 46.6 Å². The topological polar surface area (TPSA) is 168 Å². The van der Waals surface area contributed by atoms with Crippen LogP contribution in [0.3, 0.4) is 0 Å². The minimum Gasteiger partial charge on any atom is -0.616 e. The fraction of sp³-hybridized carbons (Fsp3) is 0.714. The average Bonchev–Trinajstić information content (AvgIpc) is 3.40. The van der Waals surface area contributed by atoms with E-state index in [1.165, 1.54) is 37.7 Å². The molecular weight excluding hydrogens is 573 g/mol. The number of benzene rings is 1. The molecule has 1 aromatic rings. The number of carbonyl (C=O) groups is 2. The van der Waals surface area contributed by atoms with Crippen LogP contribution < -0.4 is 20.9 Å². The van der Waals surface area contributed by atoms with Gasteiger partial charge in [0.05, 0.1) is 0 Å². The van der Waals surface area contributed by atoms with Crippen molar-refractivity contribution in [1.82, 2.24) is 0 Å². The summed E-state index contributed by atoms with van der Waals surface area (Å²) >= 11 is 2.47. The van der Waals surface area contributed by atoms with Gasteiger partial charge in [0.1, 0.15) is 23.1 Å². The summed E-state index contributed by atoms with van der Waals surface area (Å²) in [6, 6.07) is 4.64. The predicted molar refractivity (Wildman–Crippen MR) is 169 cm³/mol. The molecule has 9 nitrogen and oxygen atoms in total. The van der Waals surface area contributed by atoms with Crippen LogP contribution in [0.25, 0.3) is 0 Å². The molecule has 2 rings (SSSR count). The minimum atomic E-state index is -0.913. The minimum absolute atomic E-state index is 0.191. The second-order valence-corrected chi connectivity index (χ2v) is 13.5. The van der Waals surface area contributed by atoms with Gasteiger partial charge in [0.2, 0.25) is 6.79 Å². The highest BCUT2D eigenvalue weighted by Crippen LogP contribution is 2.33. The van der Waals surface area contributed by atoms with Crippen molar-refractivity contribution in [3.8, 4) is 11.5 Å². The molecule has 0 saturated heterocycles. The summed E-state index contributed by atoms with van der Waals surface area (Å²) in [5, 5.41) is 16.7. The Labute approximate surface area is 252 Å². The summed E-state index contributed by atoms with van der Waals surface area (Å²) in [7, 11) is 0. The SMILES string of the molecule is CCCCCCCC[S+]([O-])C(C)Cc1ccc2c(c1)OCO2.CSCC[C@H](N)C(=O)O.CSCC[C@H](N)C(=O)O. The molecule has 1 aliphatic heterocycles. The van der Waals surface area contributed by atoms with Crippen LogP contribution in [0, 0.1) is 0 Å². The third-order valence-electron chi connectivity index (χ3n) is 6.01. The maximum Gasteiger partial charge on any atom is 0.320 e. The number of hydrogen-bond acceptors (Lipinski definition) is 9. The molecule has 232 valence electrons. The molecule has 2 unspecified atom stereocenters. The van der Waals surface area contributed by atoms with Gasteiger partial charge in [0, 0.05) is 6.42 Å². The lowest BCUT2D eigenvalue weighted by Gasteiger charge is -2.18. The van der Waals surface area contributed by atoms with Crippen molar-refractivity contribution < 1.29 is 33.8 Å². The lowest BCUT2D eigenvalue weighted by molar-refractivity contribution is -0.139. The smallest absolute Gasteiger partial charge is 0.320 e. The Balaban J connectivity index is 0.000000700. The largest absolute Gasteiger partial charge is 0.616 e. The van der Waals surface area contributed by atoms with Crippen LogP contribution >= 0.6 is 23.5 Å². The van der Waals surface area contributed by atoms with Gasteiger partial charge in [-0.25, -0.2) is 0 Å². The van der Waals surface area contributed by atoms with Crippen LogP contribution in [-0.2, 0) is 27.2 Å². The van der Waals surface area contributed by atoms with Gasteiger partial charge in [-0.2, -0.15) is 23.5 Å². The molecule has 0 amide bonds. The van der Waals surface area contributed by atoms with E-state index >= 15 is 0 Å². The zero-order valence-corrected chi connectivity index (χ0v) is 26.9. The third kappa shape index (κ3) is 18.9. The number of hydrogen-bond donors (Lipinski definition) is 4. The molecular formula is C28H50N2O7S3. The first-order valence-electron chi connectivity index (χ1n) is 13.8. The molecule has 4 atom stereocenters. The van der Waals surface area contributed by atoms with Gasteiger partial charge in [0.15, 0.2) is 11.5 Å². The summed E-state index contributed by atoms with van der Waals surface area (Å²) in [4.78, 5) is 20.1. The van der Waals surface area contributed by atoms with E-state index in [0.29, 0.717) is 19.6 Å². The molecule has 1 aromatic carbocycles. The molecule has 0 aliphatic carbocycles. The lowest BCUT2D eigenvalue weighted by Crippen LogP contribution is -2.30. The van der Waals surface area contributed by atoms with Crippen LogP contribution in [0.15, 0.2) is 18.2 Å². The van der Waals surface area contributed by atoms with Gasteiger partial charge < -0.3 is 35.7 Å². The molecule has 0 radical (unpaired) electrons. The Hall–Kier alpha value is -1.31. The molecule has 0 saturated carbocycles. The summed E-state index contributed by atoms with van der Waals surface area (Å²) in [6.45, 7) is 4.61. The number of carboxylic acids is 2. The highest BCUT2D eigenvalue weighted by Gasteiger charge is 2.19. The van der Waals surface area contributed by atoms with E-state index in [1.54, 1.807) is 23.5 Å². The Morgan fingerprint density at radius 2 is 1.48 bits per heavy atom. The fourth-order valence-corrected chi connectivity index (χ4v) is 5.70. The van der Waals surface area contributed by atoms with E-state index in [2.05, 4.69) is 13.8 Å². The van der Waals surface area contributed by atoms with Crippen LogP contribution in [0.1, 0.15) is 70.8 Å². The van der Waals surface area contributed by atoms with Crippen molar-refractivity contribution in [2.24, 2.45) is 11.5 Å². The van der Waals surface area contributed by atoms with Gasteiger partial charge in [-0.1, -0.05) is 49.8 Å². The molecule has 40 heavy (non-hydrogen) atoms. The summed E-state index contributed by atoms with van der Waals surface area (Å²) in [5.74, 6) is 2.25. The van der Waals surface area contributed by atoms with Gasteiger partial charge >= 0.3 is 11.9 Å². The number of unbranched alkanes of at least 4 members (excludes halogenated alkanes) is 5. The number of rotatable bonds is 18. The molecule has 12 heteroatoms. The Morgan fingerprint density at radius 3 is 2.00 bits per heavy atom. The van der Waals surface area contributed by atoms with Crippen molar-refractivity contribution in [3.63, 3.8) is 0 Å². The van der Waals surface area contributed by atoms with Crippen LogP contribution in [-0.4, -0.2) is 80.6 Å². The highest BCUT2D eigenvalue weighted by atomic mass is 32.2. The molecule has 1 heterocycles. The van der Waals surface area contributed by atoms with Crippen LogP contribution in [0.2, 0.25) is 0 Å². The van der Waals surface area contributed by atoms with Gasteiger partial charge in [-0.3, -0.25) is 9.59 Å². The van der Waals surface area contributed by atoms with E-state index in [1.807, 2.05) is 30.7 Å². The van der Waals surface area contributed by atoms with Gasteiger partial charge in [-0.15, -0.1) is 0 Å². The number of nitrogens with two attached hydrogens (primary N) is 2. The van der Waals surface area contributed by atoms with Crippen molar-refractivity contribution in [2.75, 3.05) is 36.6 Å². The number of ether oxygens (including phenoxy) is 2.